The molecule has 0 saturated carbocycles. The van der Waals surface area contributed by atoms with Gasteiger partial charge in [-0.15, -0.1) is 10.2 Å². The highest BCUT2D eigenvalue weighted by atomic mass is 32.2. The maximum atomic E-state index is 12.2. The van der Waals surface area contributed by atoms with Gasteiger partial charge in [0.2, 0.25) is 0 Å². The minimum atomic E-state index is -4.48. The predicted molar refractivity (Wildman–Crippen MR) is 102 cm³/mol. The number of aromatic hydroxyl groups is 1. The molecule has 0 aliphatic heterocycles. The third-order valence-corrected chi connectivity index (χ3v) is 4.92. The standard InChI is InChI=1S/C18H12N4O5S/c23-17-13-8-12(28(25,26)27)5-6-15(13)20-18(24)16(17)22-21-11-7-10-3-1-2-4-14(10)19-9-11/h1-9H,(H2,20,23,24)(H,25,26,27). The van der Waals surface area contributed by atoms with Gasteiger partial charge in [0.05, 0.1) is 22.1 Å². The van der Waals surface area contributed by atoms with Crippen LogP contribution in [0.25, 0.3) is 21.8 Å². The molecular weight excluding hydrogens is 384 g/mol. The summed E-state index contributed by atoms with van der Waals surface area (Å²) < 4.78 is 31.8. The van der Waals surface area contributed by atoms with Crippen LogP contribution in [0.2, 0.25) is 0 Å². The summed E-state index contributed by atoms with van der Waals surface area (Å²) in [6.45, 7) is 0. The molecule has 9 nitrogen and oxygen atoms in total. The van der Waals surface area contributed by atoms with Gasteiger partial charge in [-0.2, -0.15) is 8.42 Å². The molecule has 0 saturated heterocycles. The van der Waals surface area contributed by atoms with Gasteiger partial charge in [0.25, 0.3) is 15.7 Å². The van der Waals surface area contributed by atoms with E-state index in [1.807, 2.05) is 24.3 Å². The lowest BCUT2D eigenvalue weighted by atomic mass is 10.2. The molecular formula is C18H12N4O5S. The molecule has 4 rings (SSSR count). The van der Waals surface area contributed by atoms with E-state index in [1.54, 1.807) is 6.07 Å². The first-order valence-electron chi connectivity index (χ1n) is 7.96. The fourth-order valence-corrected chi connectivity index (χ4v) is 3.23. The second-order valence-corrected chi connectivity index (χ2v) is 7.34. The summed E-state index contributed by atoms with van der Waals surface area (Å²) in [5.41, 5.74) is 0.214. The number of nitrogens with zero attached hydrogens (tertiary/aromatic N) is 3. The van der Waals surface area contributed by atoms with Gasteiger partial charge >= 0.3 is 0 Å². The normalized spacial score (nSPS) is 12.2. The number of para-hydroxylation sites is 1. The van der Waals surface area contributed by atoms with Crippen LogP contribution in [0.4, 0.5) is 11.4 Å². The average Bonchev–Trinajstić information content (AvgIpc) is 2.66. The monoisotopic (exact) mass is 396 g/mol. The Hall–Kier alpha value is -3.63. The molecule has 2 aromatic heterocycles. The first kappa shape index (κ1) is 17.8. The molecule has 0 radical (unpaired) electrons. The Bertz CT molecular complexity index is 1430. The van der Waals surface area contributed by atoms with Crippen molar-refractivity contribution in [3.63, 3.8) is 0 Å². The van der Waals surface area contributed by atoms with Gasteiger partial charge in [-0.25, -0.2) is 0 Å². The maximum absolute atomic E-state index is 12.2. The second kappa shape index (κ2) is 6.51. The zero-order chi connectivity index (χ0) is 19.9. The van der Waals surface area contributed by atoms with Crippen molar-refractivity contribution in [2.24, 2.45) is 10.2 Å². The molecule has 0 amide bonds. The van der Waals surface area contributed by atoms with Crippen molar-refractivity contribution in [3.05, 3.63) is 65.1 Å². The lowest BCUT2D eigenvalue weighted by Gasteiger charge is -2.05. The van der Waals surface area contributed by atoms with E-state index in [-0.39, 0.29) is 10.9 Å². The number of pyridine rings is 2. The van der Waals surface area contributed by atoms with E-state index in [0.29, 0.717) is 5.69 Å². The lowest BCUT2D eigenvalue weighted by molar-refractivity contribution is 0.480. The van der Waals surface area contributed by atoms with E-state index in [9.17, 15) is 22.9 Å². The van der Waals surface area contributed by atoms with Crippen LogP contribution in [0, 0.1) is 0 Å². The minimum absolute atomic E-state index is 0.000288. The van der Waals surface area contributed by atoms with Crippen molar-refractivity contribution in [1.29, 1.82) is 0 Å². The fourth-order valence-electron chi connectivity index (χ4n) is 2.72. The molecule has 0 fully saturated rings. The molecule has 0 atom stereocenters. The van der Waals surface area contributed by atoms with Crippen molar-refractivity contribution < 1.29 is 18.1 Å². The highest BCUT2D eigenvalue weighted by Gasteiger charge is 2.16. The Kier molecular flexibility index (Phi) is 4.13. The molecule has 10 heteroatoms. The Labute approximate surface area is 157 Å². The molecule has 0 unspecified atom stereocenters. The third kappa shape index (κ3) is 3.21. The Morgan fingerprint density at radius 1 is 1.04 bits per heavy atom. The van der Waals surface area contributed by atoms with Crippen LogP contribution >= 0.6 is 0 Å². The van der Waals surface area contributed by atoms with Crippen LogP contribution in [-0.4, -0.2) is 28.0 Å². The number of aromatic amines is 1. The van der Waals surface area contributed by atoms with E-state index >= 15 is 0 Å². The number of aromatic nitrogens is 2. The smallest absolute Gasteiger partial charge is 0.294 e. The summed E-state index contributed by atoms with van der Waals surface area (Å²) in [6, 6.07) is 12.5. The first-order chi connectivity index (χ1) is 13.3. The van der Waals surface area contributed by atoms with Crippen LogP contribution in [0.3, 0.4) is 0 Å². The van der Waals surface area contributed by atoms with Gasteiger partial charge in [-0.1, -0.05) is 18.2 Å². The lowest BCUT2D eigenvalue weighted by Crippen LogP contribution is -2.06. The number of rotatable bonds is 3. The number of hydrogen-bond donors (Lipinski definition) is 3. The fraction of sp³-hybridized carbons (Fsp3) is 0. The molecule has 0 aliphatic rings. The molecule has 3 N–H and O–H groups in total. The van der Waals surface area contributed by atoms with Crippen molar-refractivity contribution in [3.8, 4) is 5.75 Å². The summed E-state index contributed by atoms with van der Waals surface area (Å²) in [5, 5.41) is 19.0. The number of nitrogens with one attached hydrogen (secondary N) is 1. The topological polar surface area (TPSA) is 145 Å². The molecule has 0 spiro atoms. The number of azo groups is 1. The molecule has 0 aliphatic carbocycles. The van der Waals surface area contributed by atoms with E-state index in [4.69, 9.17) is 0 Å². The van der Waals surface area contributed by atoms with Gasteiger partial charge in [0, 0.05) is 10.8 Å². The Morgan fingerprint density at radius 2 is 1.82 bits per heavy atom. The molecule has 28 heavy (non-hydrogen) atoms. The van der Waals surface area contributed by atoms with E-state index in [2.05, 4.69) is 20.2 Å². The highest BCUT2D eigenvalue weighted by molar-refractivity contribution is 7.85. The van der Waals surface area contributed by atoms with Crippen molar-refractivity contribution in [2.45, 2.75) is 4.90 Å². The number of fused-ring (bicyclic) bond motifs is 2. The van der Waals surface area contributed by atoms with E-state index in [0.717, 1.165) is 23.0 Å². The van der Waals surface area contributed by atoms with Crippen LogP contribution in [0.5, 0.6) is 5.75 Å². The van der Waals surface area contributed by atoms with Gasteiger partial charge in [0.1, 0.15) is 5.69 Å². The Morgan fingerprint density at radius 3 is 2.61 bits per heavy atom. The molecule has 2 aromatic carbocycles. The first-order valence-corrected chi connectivity index (χ1v) is 9.40. The predicted octanol–water partition coefficient (Wildman–Crippen LogP) is 3.44. The third-order valence-electron chi connectivity index (χ3n) is 4.07. The van der Waals surface area contributed by atoms with Crippen molar-refractivity contribution >= 4 is 43.3 Å². The summed E-state index contributed by atoms with van der Waals surface area (Å²) in [4.78, 5) is 18.5. The number of benzene rings is 2. The molecule has 140 valence electrons. The summed E-state index contributed by atoms with van der Waals surface area (Å²) in [6.07, 6.45) is 1.47. The van der Waals surface area contributed by atoms with Gasteiger partial charge in [-0.05, 0) is 30.3 Å². The zero-order valence-electron chi connectivity index (χ0n) is 14.1. The largest absolute Gasteiger partial charge is 0.505 e. The molecule has 0 bridgehead atoms. The highest BCUT2D eigenvalue weighted by Crippen LogP contribution is 2.32. The summed E-state index contributed by atoms with van der Waals surface area (Å²) in [7, 11) is -4.48. The van der Waals surface area contributed by atoms with Crippen molar-refractivity contribution in [2.75, 3.05) is 0 Å². The number of H-pyrrole nitrogens is 1. The SMILES string of the molecule is O=c1[nH]c2ccc(S(=O)(=O)O)cc2c(O)c1N=Nc1cnc2ccccc2c1. The van der Waals surface area contributed by atoms with Crippen LogP contribution in [0.15, 0.2) is 74.6 Å². The Balaban J connectivity index is 1.82. The van der Waals surface area contributed by atoms with Gasteiger partial charge < -0.3 is 10.1 Å². The van der Waals surface area contributed by atoms with E-state index < -0.39 is 32.0 Å². The quantitative estimate of drug-likeness (QED) is 0.357. The van der Waals surface area contributed by atoms with E-state index in [1.165, 1.54) is 12.3 Å². The van der Waals surface area contributed by atoms with Crippen LogP contribution in [-0.2, 0) is 10.1 Å². The van der Waals surface area contributed by atoms with Gasteiger partial charge in [0.15, 0.2) is 11.4 Å². The summed E-state index contributed by atoms with van der Waals surface area (Å²) in [5.74, 6) is -0.554. The second-order valence-electron chi connectivity index (χ2n) is 5.92. The summed E-state index contributed by atoms with van der Waals surface area (Å²) >= 11 is 0. The molecule has 4 aromatic rings. The average molecular weight is 396 g/mol. The number of hydrogen-bond acceptors (Lipinski definition) is 7. The van der Waals surface area contributed by atoms with Crippen LogP contribution in [0.1, 0.15) is 0 Å². The zero-order valence-corrected chi connectivity index (χ0v) is 14.9. The maximum Gasteiger partial charge on any atom is 0.294 e. The molecule has 2 heterocycles. The van der Waals surface area contributed by atoms with Crippen LogP contribution < -0.4 is 5.56 Å². The minimum Gasteiger partial charge on any atom is -0.505 e. The van der Waals surface area contributed by atoms with Gasteiger partial charge in [-0.3, -0.25) is 14.3 Å². The van der Waals surface area contributed by atoms with Crippen molar-refractivity contribution in [1.82, 2.24) is 9.97 Å².